The molecule has 18 atom stereocenters. The molecule has 11 aliphatic rings. The van der Waals surface area contributed by atoms with Crippen molar-refractivity contribution in [3.63, 3.8) is 0 Å². The number of rotatable bonds is 20. The first-order chi connectivity index (χ1) is 59.5. The highest BCUT2D eigenvalue weighted by atomic mass is 35.5. The van der Waals surface area contributed by atoms with Crippen LogP contribution in [-0.2, 0) is 52.6 Å². The van der Waals surface area contributed by atoms with E-state index in [1.54, 1.807) is 0 Å². The number of likely N-dealkylation sites (N-methyl/N-ethyl adjacent to an activating group) is 2. The molecule has 38 heteroatoms. The molecule has 2 saturated heterocycles. The number of nitrogens with two attached hydrogens (primary N) is 1. The van der Waals surface area contributed by atoms with Crippen molar-refractivity contribution < 1.29 is 122 Å². The topological polar surface area (TPSA) is 547 Å². The molecule has 4 saturated carbocycles. The third-order valence-electron chi connectivity index (χ3n) is 24.5. The molecular weight excluding hydrogens is 1670 g/mol. The quantitative estimate of drug-likeness (QED) is 0.0487. The monoisotopic (exact) mass is 1770 g/mol. The first-order valence-electron chi connectivity index (χ1n) is 41.6. The van der Waals surface area contributed by atoms with Crippen LogP contribution in [0.5, 0.6) is 51.7 Å². The van der Waals surface area contributed by atoms with Crippen LogP contribution in [-0.4, -0.2) is 217 Å². The Morgan fingerprint density at radius 1 is 0.672 bits per heavy atom. The van der Waals surface area contributed by atoms with E-state index in [1.165, 1.54) is 69.4 Å². The fraction of sp³-hybridized carbons (Fsp3) is 0.483. The van der Waals surface area contributed by atoms with Crippen molar-refractivity contribution in [2.45, 2.75) is 201 Å². The number of benzene rings is 6. The summed E-state index contributed by atoms with van der Waals surface area (Å²) in [5.74, 6) is -14.4. The number of fused-ring (bicyclic) bond motifs is 15. The van der Waals surface area contributed by atoms with Gasteiger partial charge in [0.1, 0.15) is 108 Å². The van der Waals surface area contributed by atoms with E-state index in [0.717, 1.165) is 86.7 Å². The van der Waals surface area contributed by atoms with Gasteiger partial charge in [-0.3, -0.25) is 48.5 Å². The van der Waals surface area contributed by atoms with Gasteiger partial charge in [0.15, 0.2) is 23.9 Å². The van der Waals surface area contributed by atoms with Gasteiger partial charge in [-0.25, -0.2) is 0 Å². The maximum atomic E-state index is 16.7. The predicted molar refractivity (Wildman–Crippen MR) is 444 cm³/mol. The van der Waals surface area contributed by atoms with Crippen LogP contribution >= 0.6 is 23.2 Å². The van der Waals surface area contributed by atoms with Crippen molar-refractivity contribution in [1.29, 1.82) is 0 Å². The lowest BCUT2D eigenvalue weighted by Crippen LogP contribution is -2.64. The number of phenols is 3. The molecule has 0 unspecified atom stereocenters. The van der Waals surface area contributed by atoms with Crippen molar-refractivity contribution in [2.75, 3.05) is 33.4 Å². The summed E-state index contributed by atoms with van der Waals surface area (Å²) in [5, 5.41) is 133. The third-order valence-corrected chi connectivity index (χ3v) is 25.1. The number of aliphatic hydroxyl groups is 6. The van der Waals surface area contributed by atoms with Gasteiger partial charge in [0, 0.05) is 47.3 Å². The van der Waals surface area contributed by atoms with Gasteiger partial charge in [-0.15, -0.1) is 0 Å². The van der Waals surface area contributed by atoms with Crippen LogP contribution in [0.15, 0.2) is 103 Å². The van der Waals surface area contributed by atoms with E-state index in [2.05, 4.69) is 53.2 Å². The average molecular weight is 1770 g/mol. The minimum absolute atomic E-state index is 0.0539. The maximum absolute atomic E-state index is 16.7. The molecule has 4 aliphatic carbocycles. The van der Waals surface area contributed by atoms with Gasteiger partial charge in [-0.1, -0.05) is 62.2 Å². The number of imide groups is 1. The first kappa shape index (κ1) is 90.7. The van der Waals surface area contributed by atoms with Crippen LogP contribution in [0.25, 0.3) is 11.1 Å². The molecule has 0 spiro atoms. The van der Waals surface area contributed by atoms with Crippen molar-refractivity contribution in [3.05, 3.63) is 147 Å². The Bertz CT molecular complexity index is 5080. The van der Waals surface area contributed by atoms with Crippen LogP contribution in [0.1, 0.15) is 154 Å². The van der Waals surface area contributed by atoms with Crippen LogP contribution in [0.3, 0.4) is 0 Å². The number of aliphatic hydroxyl groups excluding tert-OH is 6. The van der Waals surface area contributed by atoms with E-state index in [0.29, 0.717) is 30.7 Å². The number of aromatic hydroxyl groups is 3. The Labute approximate surface area is 727 Å². The second-order valence-electron chi connectivity index (χ2n) is 34.0. The van der Waals surface area contributed by atoms with Crippen molar-refractivity contribution in [3.8, 4) is 62.9 Å². The SMILES string of the molecule is CCNCCOc1ccc(C(=O)NC(=O)C[C@@H]2NC(=O)[C@H](NC(=O)[C@@H](CC(C)C)NC)[C@H](O)c3ccc(c(Cl)c3)Oc3cc4cc(c3O[C@@H]3O[C@H](CO)[C@@H](O)[C@H](O)[C@H]3O[C@H]3C[C@](C)(N)[C@H](O)[C@H](C)O3)Oc3ccc(cc3Cl)[C@@H](O)[C@@H]3NC(=O)[C@H](NC(=O)[C@@H]4NC2=O)c2ccc(O)c(c2)-c2c(O)cc(O)cc2[C@@H](C(=O)NC2C4CC5CC(C4)CC2C5)NC3=O)cc1. The highest BCUT2D eigenvalue weighted by Gasteiger charge is 2.53. The summed E-state index contributed by atoms with van der Waals surface area (Å²) >= 11 is 14.5. The Morgan fingerprint density at radius 3 is 1.91 bits per heavy atom. The Hall–Kier alpha value is -10.6. The van der Waals surface area contributed by atoms with Crippen LogP contribution in [0, 0.1) is 29.6 Å². The number of halogens is 2. The summed E-state index contributed by atoms with van der Waals surface area (Å²) in [5.41, 5.74) is 2.82. The number of ether oxygens (including phenoxy) is 7. The highest BCUT2D eigenvalue weighted by Crippen LogP contribution is 2.55. The van der Waals surface area contributed by atoms with Gasteiger partial charge in [-0.05, 0) is 202 Å². The number of nitrogens with one attached hydrogen (secondary N) is 10. The van der Waals surface area contributed by atoms with Crippen molar-refractivity contribution >= 4 is 76.4 Å². The molecule has 17 rings (SSSR count). The molecule has 125 heavy (non-hydrogen) atoms. The van der Waals surface area contributed by atoms with Crippen LogP contribution < -0.4 is 77.8 Å². The summed E-state index contributed by atoms with van der Waals surface area (Å²) in [6, 6.07) is 5.45. The molecule has 0 aromatic heterocycles. The molecule has 6 fully saturated rings. The van der Waals surface area contributed by atoms with Crippen molar-refractivity contribution in [1.82, 2.24) is 53.2 Å². The molecular formula is C87H103Cl2N11O25. The number of carbonyl (C=O) groups excluding carboxylic acids is 9. The fourth-order valence-electron chi connectivity index (χ4n) is 18.3. The second-order valence-corrected chi connectivity index (χ2v) is 34.8. The summed E-state index contributed by atoms with van der Waals surface area (Å²) in [7, 11) is 1.48. The Morgan fingerprint density at radius 2 is 1.30 bits per heavy atom. The number of phenolic OH excluding ortho intramolecular Hbond substituents is 3. The molecule has 7 heterocycles. The van der Waals surface area contributed by atoms with E-state index in [-0.39, 0.29) is 92.7 Å². The molecule has 21 N–H and O–H groups in total. The number of carbonyl (C=O) groups is 9. The van der Waals surface area contributed by atoms with E-state index >= 15 is 28.8 Å². The molecule has 0 radical (unpaired) electrons. The van der Waals surface area contributed by atoms with Gasteiger partial charge in [0.05, 0.1) is 41.3 Å². The minimum atomic E-state index is -2.42. The Kier molecular flexibility index (Phi) is 27.5. The largest absolute Gasteiger partial charge is 0.508 e. The summed E-state index contributed by atoms with van der Waals surface area (Å²) in [6.45, 7) is 9.02. The van der Waals surface area contributed by atoms with Gasteiger partial charge in [-0.2, -0.15) is 0 Å². The molecule has 6 aromatic carbocycles. The first-order valence-corrected chi connectivity index (χ1v) is 42.3. The molecule has 9 amide bonds. The van der Waals surface area contributed by atoms with Gasteiger partial charge in [0.25, 0.3) is 5.91 Å². The van der Waals surface area contributed by atoms with Gasteiger partial charge >= 0.3 is 0 Å². The fourth-order valence-corrected chi connectivity index (χ4v) is 18.7. The zero-order valence-corrected chi connectivity index (χ0v) is 70.5. The zero-order chi connectivity index (χ0) is 89.5. The molecule has 15 bridgehead atoms. The predicted octanol–water partition coefficient (Wildman–Crippen LogP) is 3.42. The smallest absolute Gasteiger partial charge is 0.257 e. The lowest BCUT2D eigenvalue weighted by Gasteiger charge is -2.54. The maximum Gasteiger partial charge on any atom is 0.257 e. The second kappa shape index (κ2) is 37.9. The zero-order valence-electron chi connectivity index (χ0n) is 69.0. The summed E-state index contributed by atoms with van der Waals surface area (Å²) in [4.78, 5) is 139. The number of hydrogen-bond donors (Lipinski definition) is 20. The molecule has 6 aromatic rings. The lowest BCUT2D eigenvalue weighted by molar-refractivity contribution is -0.333. The molecule has 7 aliphatic heterocycles. The van der Waals surface area contributed by atoms with Crippen LogP contribution in [0.4, 0.5) is 0 Å². The normalized spacial score (nSPS) is 30.3. The van der Waals surface area contributed by atoms with E-state index in [4.69, 9.17) is 62.1 Å². The summed E-state index contributed by atoms with van der Waals surface area (Å²) < 4.78 is 44.9. The van der Waals surface area contributed by atoms with Gasteiger partial charge in [0.2, 0.25) is 59.3 Å². The van der Waals surface area contributed by atoms with E-state index < -0.39 is 227 Å². The minimum Gasteiger partial charge on any atom is -0.508 e. The lowest BCUT2D eigenvalue weighted by atomic mass is 9.54. The molecule has 36 nitrogen and oxygen atoms in total. The third kappa shape index (κ3) is 19.7. The van der Waals surface area contributed by atoms with Crippen molar-refractivity contribution in [2.24, 2.45) is 35.3 Å². The highest BCUT2D eigenvalue weighted by molar-refractivity contribution is 6.32. The van der Waals surface area contributed by atoms with Gasteiger partial charge < -0.3 is 133 Å². The summed E-state index contributed by atoms with van der Waals surface area (Å²) in [6.07, 6.45) is -14.6. The van der Waals surface area contributed by atoms with Crippen LogP contribution in [0.2, 0.25) is 10.0 Å². The number of amides is 9. The van der Waals surface area contributed by atoms with E-state index in [1.807, 2.05) is 20.8 Å². The molecule has 670 valence electrons. The van der Waals surface area contributed by atoms with E-state index in [9.17, 15) is 60.3 Å². The number of hydrogen-bond acceptors (Lipinski definition) is 28. The average Bonchev–Trinajstić information content (AvgIpc) is 0.755. The Balaban J connectivity index is 0.959. The standard InChI is InChI=1S/C87H103Cl2N11O25/c1-7-92-18-19-119-48-13-8-40(9-14-48)78(111)94-62(105)33-54-80(113)96-67-46-29-59(121-57-16-11-42(27-51(57)88)71(106)69(84(117)93-54)99-79(112)53(91-6)20-36(2)3)75(125-86-76(74(109)73(108)61(35-101)123-86)124-63-34-87(5,90)77(110)37(4)120-63)60(30-46)122-58-17-12-43(28-52(58)89)72(107)70-85(118)98-68(83(116)95-65-44-22-38-21-39(24-44)25-45(65)23-38)50-31-47(102)32-56(104)64(50)49-26-41(10-15-55(49)103)66(81(114)100-70)97-82(67)115/h8-17,26-32,36-39,44-45,53-54,61,63,65-74,76-77,86,91-92,101-104,106-110H,7,18-25,33-35,90H2,1-6H3,(H,93,117)(H,95,116)(H,96,113)(H,97,115)(H,98,118)(H,99,112)(H,100,114)(H,94,105,111)/t37-,38?,39?,44?,45?,53+,54-,61+,63-,65?,66+,67+,68-,69+,70-,71+,72+,73+,74-,76+,77+,86-,87-/m0/s1.